The van der Waals surface area contributed by atoms with Gasteiger partial charge in [-0.2, -0.15) is 0 Å². The molecule has 1 fully saturated rings. The molecular weight excluding hydrogens is 268 g/mol. The highest BCUT2D eigenvalue weighted by atomic mass is 16.5. The maximum absolute atomic E-state index is 11.8. The van der Waals surface area contributed by atoms with E-state index in [0.29, 0.717) is 6.54 Å². The Balaban J connectivity index is 1.75. The van der Waals surface area contributed by atoms with Gasteiger partial charge in [-0.3, -0.25) is 9.59 Å². The van der Waals surface area contributed by atoms with E-state index in [-0.39, 0.29) is 24.3 Å². The maximum Gasteiger partial charge on any atom is 0.229 e. The van der Waals surface area contributed by atoms with Crippen molar-refractivity contribution in [2.24, 2.45) is 0 Å². The normalized spacial score (nSPS) is 14.7. The maximum atomic E-state index is 11.8. The second kappa shape index (κ2) is 7.67. The van der Waals surface area contributed by atoms with Crippen LogP contribution in [0.2, 0.25) is 0 Å². The third kappa shape index (κ3) is 4.77. The topological polar surface area (TPSA) is 67.4 Å². The number of benzene rings is 1. The van der Waals surface area contributed by atoms with Crippen LogP contribution in [0.5, 0.6) is 5.75 Å². The highest BCUT2D eigenvalue weighted by molar-refractivity contribution is 5.96. The summed E-state index contributed by atoms with van der Waals surface area (Å²) in [4.78, 5) is 23.5. The molecule has 0 heterocycles. The van der Waals surface area contributed by atoms with Crippen LogP contribution in [0.4, 0.5) is 0 Å². The summed E-state index contributed by atoms with van der Waals surface area (Å²) in [5.41, 5.74) is 0.893. The van der Waals surface area contributed by atoms with E-state index in [1.165, 1.54) is 0 Å². The summed E-state index contributed by atoms with van der Waals surface area (Å²) >= 11 is 0. The number of nitrogens with one attached hydrogen (secondary N) is 2. The number of hydrogen-bond donors (Lipinski definition) is 2. The third-order valence-electron chi connectivity index (χ3n) is 3.71. The molecule has 1 saturated carbocycles. The SMILES string of the molecule is COc1ccccc1CNC(=O)CC(=O)NC1CCCC1. The van der Waals surface area contributed by atoms with E-state index in [4.69, 9.17) is 4.74 Å². The second-order valence-corrected chi connectivity index (χ2v) is 5.31. The van der Waals surface area contributed by atoms with Gasteiger partial charge in [-0.05, 0) is 18.9 Å². The summed E-state index contributed by atoms with van der Waals surface area (Å²) in [6, 6.07) is 7.74. The van der Waals surface area contributed by atoms with Gasteiger partial charge in [-0.25, -0.2) is 0 Å². The zero-order chi connectivity index (χ0) is 15.1. The first kappa shape index (κ1) is 15.4. The molecule has 1 aliphatic carbocycles. The monoisotopic (exact) mass is 290 g/mol. The smallest absolute Gasteiger partial charge is 0.229 e. The van der Waals surface area contributed by atoms with Gasteiger partial charge in [0, 0.05) is 18.2 Å². The van der Waals surface area contributed by atoms with Gasteiger partial charge >= 0.3 is 0 Å². The Morgan fingerprint density at radius 1 is 1.19 bits per heavy atom. The summed E-state index contributed by atoms with van der Waals surface area (Å²) in [7, 11) is 1.59. The third-order valence-corrected chi connectivity index (χ3v) is 3.71. The fourth-order valence-electron chi connectivity index (χ4n) is 2.60. The average molecular weight is 290 g/mol. The Labute approximate surface area is 125 Å². The van der Waals surface area contributed by atoms with E-state index in [1.54, 1.807) is 7.11 Å². The van der Waals surface area contributed by atoms with E-state index in [0.717, 1.165) is 37.0 Å². The van der Waals surface area contributed by atoms with Crippen molar-refractivity contribution in [3.63, 3.8) is 0 Å². The first-order chi connectivity index (χ1) is 10.2. The molecule has 5 heteroatoms. The van der Waals surface area contributed by atoms with Crippen molar-refractivity contribution in [2.75, 3.05) is 7.11 Å². The highest BCUT2D eigenvalue weighted by Gasteiger charge is 2.18. The number of amides is 2. The van der Waals surface area contributed by atoms with Gasteiger partial charge in [0.15, 0.2) is 0 Å². The molecule has 0 spiro atoms. The van der Waals surface area contributed by atoms with Crippen LogP contribution >= 0.6 is 0 Å². The van der Waals surface area contributed by atoms with Gasteiger partial charge in [-0.15, -0.1) is 0 Å². The lowest BCUT2D eigenvalue weighted by Crippen LogP contribution is -2.36. The first-order valence-corrected chi connectivity index (χ1v) is 7.37. The number of methoxy groups -OCH3 is 1. The molecule has 2 rings (SSSR count). The van der Waals surface area contributed by atoms with Crippen LogP contribution in [0.1, 0.15) is 37.7 Å². The molecule has 1 aromatic carbocycles. The molecule has 0 atom stereocenters. The zero-order valence-electron chi connectivity index (χ0n) is 12.4. The van der Waals surface area contributed by atoms with Crippen molar-refractivity contribution in [1.29, 1.82) is 0 Å². The first-order valence-electron chi connectivity index (χ1n) is 7.37. The van der Waals surface area contributed by atoms with Crippen molar-refractivity contribution in [3.8, 4) is 5.75 Å². The van der Waals surface area contributed by atoms with E-state index in [9.17, 15) is 9.59 Å². The fourth-order valence-corrected chi connectivity index (χ4v) is 2.60. The molecule has 2 amide bonds. The number of ether oxygens (including phenoxy) is 1. The number of hydrogen-bond acceptors (Lipinski definition) is 3. The molecule has 114 valence electrons. The lowest BCUT2D eigenvalue weighted by Gasteiger charge is -2.12. The van der Waals surface area contributed by atoms with E-state index < -0.39 is 0 Å². The van der Waals surface area contributed by atoms with Gasteiger partial charge in [0.1, 0.15) is 12.2 Å². The standard InChI is InChI=1S/C16H22N2O3/c1-21-14-9-5-2-6-12(14)11-17-15(19)10-16(20)18-13-7-3-4-8-13/h2,5-6,9,13H,3-4,7-8,10-11H2,1H3,(H,17,19)(H,18,20). The Morgan fingerprint density at radius 3 is 2.62 bits per heavy atom. The summed E-state index contributed by atoms with van der Waals surface area (Å²) in [5.74, 6) is 0.268. The van der Waals surface area contributed by atoms with Gasteiger partial charge in [0.25, 0.3) is 0 Å². The molecule has 0 saturated heterocycles. The van der Waals surface area contributed by atoms with Gasteiger partial charge in [-0.1, -0.05) is 31.0 Å². The number of carbonyl (C=O) groups is 2. The molecule has 5 nitrogen and oxygen atoms in total. The predicted molar refractivity (Wildman–Crippen MR) is 79.9 cm³/mol. The molecule has 21 heavy (non-hydrogen) atoms. The number of rotatable bonds is 6. The average Bonchev–Trinajstić information content (AvgIpc) is 2.98. The minimum atomic E-state index is -0.267. The van der Waals surface area contributed by atoms with E-state index >= 15 is 0 Å². The molecule has 0 bridgehead atoms. The van der Waals surface area contributed by atoms with Crippen molar-refractivity contribution >= 4 is 11.8 Å². The van der Waals surface area contributed by atoms with Gasteiger partial charge in [0.05, 0.1) is 7.11 Å². The molecule has 0 aliphatic heterocycles. The molecule has 0 radical (unpaired) electrons. The molecule has 0 unspecified atom stereocenters. The predicted octanol–water partition coefficient (Wildman–Crippen LogP) is 1.76. The Kier molecular flexibility index (Phi) is 5.60. The van der Waals surface area contributed by atoms with E-state index in [2.05, 4.69) is 10.6 Å². The van der Waals surface area contributed by atoms with Crippen LogP contribution in [-0.4, -0.2) is 25.0 Å². The lowest BCUT2D eigenvalue weighted by molar-refractivity contribution is -0.129. The quantitative estimate of drug-likeness (QED) is 0.785. The molecule has 2 N–H and O–H groups in total. The van der Waals surface area contributed by atoms with Crippen LogP contribution in [0.25, 0.3) is 0 Å². The minimum absolute atomic E-state index is 0.119. The lowest BCUT2D eigenvalue weighted by atomic mass is 10.2. The van der Waals surface area contributed by atoms with E-state index in [1.807, 2.05) is 24.3 Å². The Morgan fingerprint density at radius 2 is 1.90 bits per heavy atom. The summed E-state index contributed by atoms with van der Waals surface area (Å²) in [6.07, 6.45) is 4.24. The minimum Gasteiger partial charge on any atom is -0.496 e. The Bertz CT molecular complexity index is 496. The second-order valence-electron chi connectivity index (χ2n) is 5.31. The fraction of sp³-hybridized carbons (Fsp3) is 0.500. The van der Waals surface area contributed by atoms with Crippen molar-refractivity contribution in [1.82, 2.24) is 10.6 Å². The summed E-state index contributed by atoms with van der Waals surface area (Å²) in [6.45, 7) is 0.361. The van der Waals surface area contributed by atoms with Crippen molar-refractivity contribution in [2.45, 2.75) is 44.7 Å². The van der Waals surface area contributed by atoms with Crippen molar-refractivity contribution in [3.05, 3.63) is 29.8 Å². The molecule has 1 aromatic rings. The van der Waals surface area contributed by atoms with Crippen LogP contribution < -0.4 is 15.4 Å². The van der Waals surface area contributed by atoms with Crippen LogP contribution in [0, 0.1) is 0 Å². The van der Waals surface area contributed by atoms with Crippen LogP contribution in [0.3, 0.4) is 0 Å². The molecular formula is C16H22N2O3. The van der Waals surface area contributed by atoms with Crippen molar-refractivity contribution < 1.29 is 14.3 Å². The van der Waals surface area contributed by atoms with Crippen LogP contribution in [0.15, 0.2) is 24.3 Å². The largest absolute Gasteiger partial charge is 0.496 e. The van der Waals surface area contributed by atoms with Gasteiger partial charge < -0.3 is 15.4 Å². The Hall–Kier alpha value is -2.04. The highest BCUT2D eigenvalue weighted by Crippen LogP contribution is 2.18. The number of carbonyl (C=O) groups excluding carboxylic acids is 2. The summed E-state index contributed by atoms with van der Waals surface area (Å²) in [5, 5.41) is 5.66. The summed E-state index contributed by atoms with van der Waals surface area (Å²) < 4.78 is 5.22. The molecule has 0 aromatic heterocycles. The van der Waals surface area contributed by atoms with Crippen LogP contribution in [-0.2, 0) is 16.1 Å². The number of para-hydroxylation sites is 1. The molecule has 1 aliphatic rings. The zero-order valence-corrected chi connectivity index (χ0v) is 12.4. The van der Waals surface area contributed by atoms with Gasteiger partial charge in [0.2, 0.25) is 11.8 Å².